The van der Waals surface area contributed by atoms with Crippen molar-refractivity contribution in [3.63, 3.8) is 0 Å². The van der Waals surface area contributed by atoms with Crippen LogP contribution in [0.2, 0.25) is 5.02 Å². The summed E-state index contributed by atoms with van der Waals surface area (Å²) in [4.78, 5) is 4.70. The van der Waals surface area contributed by atoms with Crippen LogP contribution < -0.4 is 5.32 Å². The predicted octanol–water partition coefficient (Wildman–Crippen LogP) is 3.84. The Morgan fingerprint density at radius 1 is 1.25 bits per heavy atom. The Kier molecular flexibility index (Phi) is 3.97. The van der Waals surface area contributed by atoms with Crippen LogP contribution in [0.4, 0.5) is 5.69 Å². The molecule has 1 aromatic carbocycles. The first-order valence-electron chi connectivity index (χ1n) is 7.29. The van der Waals surface area contributed by atoms with Crippen molar-refractivity contribution in [3.8, 4) is 0 Å². The van der Waals surface area contributed by atoms with Crippen molar-refractivity contribution in [1.29, 1.82) is 0 Å². The first kappa shape index (κ1) is 13.5. The normalized spacial score (nSPS) is 14.1. The molecule has 0 aliphatic heterocycles. The number of halogens is 1. The summed E-state index contributed by atoms with van der Waals surface area (Å²) < 4.78 is 2.36. The number of para-hydroxylation sites is 1. The fraction of sp³-hybridized carbons (Fsp3) is 0.438. The SMILES string of the molecule is Cc1nc2c(n1CCNc1ccccc1Cl)CCCC2. The smallest absolute Gasteiger partial charge is 0.106 e. The lowest BCUT2D eigenvalue weighted by molar-refractivity contribution is 0.606. The first-order chi connectivity index (χ1) is 9.75. The number of rotatable bonds is 4. The van der Waals surface area contributed by atoms with Gasteiger partial charge in [0.2, 0.25) is 0 Å². The number of hydrogen-bond donors (Lipinski definition) is 1. The topological polar surface area (TPSA) is 29.9 Å². The van der Waals surface area contributed by atoms with E-state index in [1.54, 1.807) is 0 Å². The summed E-state index contributed by atoms with van der Waals surface area (Å²) in [5.41, 5.74) is 3.75. The lowest BCUT2D eigenvalue weighted by atomic mass is 10.0. The number of nitrogens with zero attached hydrogens (tertiary/aromatic N) is 2. The van der Waals surface area contributed by atoms with Crippen LogP contribution in [0.15, 0.2) is 24.3 Å². The minimum atomic E-state index is 0.775. The van der Waals surface area contributed by atoms with Crippen molar-refractivity contribution in [2.75, 3.05) is 11.9 Å². The van der Waals surface area contributed by atoms with Crippen LogP contribution in [0.1, 0.15) is 30.1 Å². The molecule has 0 amide bonds. The third-order valence-corrected chi connectivity index (χ3v) is 4.28. The van der Waals surface area contributed by atoms with Gasteiger partial charge >= 0.3 is 0 Å². The van der Waals surface area contributed by atoms with Crippen LogP contribution in [0, 0.1) is 6.92 Å². The molecule has 3 rings (SSSR count). The minimum absolute atomic E-state index is 0.775. The van der Waals surface area contributed by atoms with Crippen LogP contribution >= 0.6 is 11.6 Å². The highest BCUT2D eigenvalue weighted by atomic mass is 35.5. The van der Waals surface area contributed by atoms with E-state index in [4.69, 9.17) is 16.6 Å². The van der Waals surface area contributed by atoms with E-state index in [0.717, 1.165) is 36.0 Å². The van der Waals surface area contributed by atoms with Crippen molar-refractivity contribution in [2.24, 2.45) is 0 Å². The molecule has 4 heteroatoms. The Hall–Kier alpha value is -1.48. The number of anilines is 1. The molecule has 0 saturated carbocycles. The van der Waals surface area contributed by atoms with E-state index >= 15 is 0 Å². The number of benzene rings is 1. The minimum Gasteiger partial charge on any atom is -0.382 e. The van der Waals surface area contributed by atoms with E-state index in [0.29, 0.717) is 0 Å². The second kappa shape index (κ2) is 5.88. The van der Waals surface area contributed by atoms with Crippen LogP contribution in [-0.4, -0.2) is 16.1 Å². The molecule has 1 aliphatic rings. The summed E-state index contributed by atoms with van der Waals surface area (Å²) >= 11 is 6.15. The van der Waals surface area contributed by atoms with Crippen molar-refractivity contribution < 1.29 is 0 Å². The summed E-state index contributed by atoms with van der Waals surface area (Å²) in [5.74, 6) is 1.14. The Balaban J connectivity index is 1.67. The molecule has 0 atom stereocenters. The van der Waals surface area contributed by atoms with Gasteiger partial charge in [-0.1, -0.05) is 23.7 Å². The van der Waals surface area contributed by atoms with Crippen molar-refractivity contribution in [2.45, 2.75) is 39.2 Å². The Morgan fingerprint density at radius 2 is 2.05 bits per heavy atom. The van der Waals surface area contributed by atoms with E-state index < -0.39 is 0 Å². The Morgan fingerprint density at radius 3 is 2.90 bits per heavy atom. The van der Waals surface area contributed by atoms with Gasteiger partial charge < -0.3 is 9.88 Å². The second-order valence-electron chi connectivity index (χ2n) is 5.32. The largest absolute Gasteiger partial charge is 0.382 e. The number of fused-ring (bicyclic) bond motifs is 1. The second-order valence-corrected chi connectivity index (χ2v) is 5.72. The average Bonchev–Trinajstić information content (AvgIpc) is 2.77. The van der Waals surface area contributed by atoms with Crippen molar-refractivity contribution in [1.82, 2.24) is 9.55 Å². The zero-order valence-electron chi connectivity index (χ0n) is 11.8. The zero-order chi connectivity index (χ0) is 13.9. The Labute approximate surface area is 125 Å². The van der Waals surface area contributed by atoms with Gasteiger partial charge in [0, 0.05) is 18.8 Å². The van der Waals surface area contributed by atoms with Gasteiger partial charge in [-0.05, 0) is 44.7 Å². The third-order valence-electron chi connectivity index (χ3n) is 3.95. The van der Waals surface area contributed by atoms with Crippen molar-refractivity contribution in [3.05, 3.63) is 46.5 Å². The standard InChI is InChI=1S/C16H20ClN3/c1-12-19-15-8-4-5-9-16(15)20(12)11-10-18-14-7-3-2-6-13(14)17/h2-3,6-7,18H,4-5,8-11H2,1H3. The van der Waals surface area contributed by atoms with E-state index in [1.807, 2.05) is 24.3 Å². The molecule has 0 bridgehead atoms. The molecule has 0 spiro atoms. The number of aryl methyl sites for hydroxylation is 2. The molecule has 2 aromatic rings. The zero-order valence-corrected chi connectivity index (χ0v) is 12.6. The molecular formula is C16H20ClN3. The molecular weight excluding hydrogens is 270 g/mol. The molecule has 0 unspecified atom stereocenters. The monoisotopic (exact) mass is 289 g/mol. The van der Waals surface area contributed by atoms with Gasteiger partial charge in [-0.3, -0.25) is 0 Å². The van der Waals surface area contributed by atoms with Crippen molar-refractivity contribution >= 4 is 17.3 Å². The van der Waals surface area contributed by atoms with E-state index in [9.17, 15) is 0 Å². The van der Waals surface area contributed by atoms with Crippen LogP contribution in [0.5, 0.6) is 0 Å². The third kappa shape index (κ3) is 2.68. The van der Waals surface area contributed by atoms with E-state index in [1.165, 1.54) is 30.7 Å². The molecule has 0 radical (unpaired) electrons. The molecule has 1 N–H and O–H groups in total. The average molecular weight is 290 g/mol. The fourth-order valence-electron chi connectivity index (χ4n) is 2.94. The lowest BCUT2D eigenvalue weighted by Gasteiger charge is -2.15. The van der Waals surface area contributed by atoms with Gasteiger partial charge in [-0.25, -0.2) is 4.98 Å². The van der Waals surface area contributed by atoms with Gasteiger partial charge in [-0.2, -0.15) is 0 Å². The molecule has 1 aromatic heterocycles. The maximum Gasteiger partial charge on any atom is 0.106 e. The lowest BCUT2D eigenvalue weighted by Crippen LogP contribution is -2.15. The van der Waals surface area contributed by atoms with E-state index in [2.05, 4.69) is 16.8 Å². The molecule has 3 nitrogen and oxygen atoms in total. The molecule has 1 aliphatic carbocycles. The molecule has 20 heavy (non-hydrogen) atoms. The highest BCUT2D eigenvalue weighted by Crippen LogP contribution is 2.23. The quantitative estimate of drug-likeness (QED) is 0.927. The maximum atomic E-state index is 6.15. The van der Waals surface area contributed by atoms with Gasteiger partial charge in [0.15, 0.2) is 0 Å². The van der Waals surface area contributed by atoms with E-state index in [-0.39, 0.29) is 0 Å². The highest BCUT2D eigenvalue weighted by Gasteiger charge is 2.17. The summed E-state index contributed by atoms with van der Waals surface area (Å²) in [6.07, 6.45) is 4.88. The summed E-state index contributed by atoms with van der Waals surface area (Å²) in [6.45, 7) is 3.92. The van der Waals surface area contributed by atoms with Gasteiger partial charge in [0.05, 0.1) is 16.4 Å². The molecule has 0 saturated heterocycles. The van der Waals surface area contributed by atoms with Crippen LogP contribution in [0.3, 0.4) is 0 Å². The number of imidazole rings is 1. The predicted molar refractivity (Wildman–Crippen MR) is 83.5 cm³/mol. The molecule has 106 valence electrons. The summed E-state index contributed by atoms with van der Waals surface area (Å²) in [7, 11) is 0. The molecule has 1 heterocycles. The van der Waals surface area contributed by atoms with Crippen LogP contribution in [-0.2, 0) is 19.4 Å². The number of hydrogen-bond acceptors (Lipinski definition) is 2. The maximum absolute atomic E-state index is 6.15. The van der Waals surface area contributed by atoms with Gasteiger partial charge in [-0.15, -0.1) is 0 Å². The number of nitrogens with one attached hydrogen (secondary N) is 1. The fourth-order valence-corrected chi connectivity index (χ4v) is 3.14. The van der Waals surface area contributed by atoms with Gasteiger partial charge in [0.1, 0.15) is 5.82 Å². The van der Waals surface area contributed by atoms with Gasteiger partial charge in [0.25, 0.3) is 0 Å². The number of aromatic nitrogens is 2. The highest BCUT2D eigenvalue weighted by molar-refractivity contribution is 6.33. The summed E-state index contributed by atoms with van der Waals surface area (Å²) in [5, 5.41) is 4.18. The first-order valence-corrected chi connectivity index (χ1v) is 7.67. The molecule has 0 fully saturated rings. The summed E-state index contributed by atoms with van der Waals surface area (Å²) in [6, 6.07) is 7.87. The van der Waals surface area contributed by atoms with Crippen LogP contribution in [0.25, 0.3) is 0 Å². The Bertz CT molecular complexity index is 604.